The van der Waals surface area contributed by atoms with E-state index in [1.165, 1.54) is 0 Å². The van der Waals surface area contributed by atoms with Crippen LogP contribution in [-0.4, -0.2) is 28.0 Å². The van der Waals surface area contributed by atoms with Crippen molar-refractivity contribution in [2.24, 2.45) is 0 Å². The highest BCUT2D eigenvalue weighted by Crippen LogP contribution is 2.42. The number of nitrogens with one attached hydrogen (secondary N) is 1. The zero-order valence-electron chi connectivity index (χ0n) is 18.1. The van der Waals surface area contributed by atoms with Crippen molar-refractivity contribution in [1.29, 1.82) is 0 Å². The Morgan fingerprint density at radius 1 is 1.17 bits per heavy atom. The molecule has 0 bridgehead atoms. The number of amides is 1. The number of fused-ring (bicyclic) bond motifs is 1. The average Bonchev–Trinajstić information content (AvgIpc) is 3.02. The van der Waals surface area contributed by atoms with Crippen molar-refractivity contribution in [2.75, 3.05) is 0 Å². The molecular formula is C22H31ClN2O3S. The van der Waals surface area contributed by atoms with E-state index in [1.54, 1.807) is 11.8 Å². The number of carbonyl (C=O) groups excluding carboxylic acids is 1. The van der Waals surface area contributed by atoms with Crippen LogP contribution < -0.4 is 5.32 Å². The lowest BCUT2D eigenvalue weighted by molar-refractivity contribution is 0.0493. The molecule has 0 unspecified atom stereocenters. The van der Waals surface area contributed by atoms with Crippen LogP contribution in [0.15, 0.2) is 21.4 Å². The number of oxazole rings is 1. The molecule has 1 saturated carbocycles. The second-order valence-electron chi connectivity index (χ2n) is 9.73. The van der Waals surface area contributed by atoms with Gasteiger partial charge < -0.3 is 14.5 Å². The molecule has 160 valence electrons. The Morgan fingerprint density at radius 2 is 1.83 bits per heavy atom. The molecule has 0 saturated heterocycles. The van der Waals surface area contributed by atoms with Crippen LogP contribution in [0.5, 0.6) is 0 Å². The first-order valence-electron chi connectivity index (χ1n) is 10.2. The lowest BCUT2D eigenvalue weighted by atomic mass is 9.95. The highest BCUT2D eigenvalue weighted by Gasteiger charge is 2.28. The van der Waals surface area contributed by atoms with Gasteiger partial charge in [-0.05, 0) is 58.6 Å². The smallest absolute Gasteiger partial charge is 0.407 e. The van der Waals surface area contributed by atoms with E-state index >= 15 is 0 Å². The molecule has 1 aromatic heterocycles. The fourth-order valence-corrected chi connectivity index (χ4v) is 4.90. The second-order valence-corrected chi connectivity index (χ2v) is 11.4. The van der Waals surface area contributed by atoms with Gasteiger partial charge >= 0.3 is 6.09 Å². The van der Waals surface area contributed by atoms with Gasteiger partial charge in [0, 0.05) is 16.7 Å². The van der Waals surface area contributed by atoms with Crippen molar-refractivity contribution in [3.63, 3.8) is 0 Å². The normalized spacial score (nSPS) is 20.7. The molecule has 29 heavy (non-hydrogen) atoms. The number of ether oxygens (including phenoxy) is 1. The van der Waals surface area contributed by atoms with Crippen molar-refractivity contribution in [3.05, 3.63) is 23.0 Å². The maximum Gasteiger partial charge on any atom is 0.407 e. The molecule has 0 spiro atoms. The van der Waals surface area contributed by atoms with Crippen LogP contribution in [0.4, 0.5) is 4.79 Å². The maximum atomic E-state index is 12.0. The molecule has 1 aliphatic rings. The Bertz CT molecular complexity index is 875. The predicted molar refractivity (Wildman–Crippen MR) is 119 cm³/mol. The molecule has 1 heterocycles. The SMILES string of the molecule is CC(C)(C)OC(=O)NC1CCC(Sc2c(Cl)ccc3nc(C(C)(C)C)oc23)CC1. The topological polar surface area (TPSA) is 64.4 Å². The van der Waals surface area contributed by atoms with E-state index in [0.29, 0.717) is 10.3 Å². The van der Waals surface area contributed by atoms with Gasteiger partial charge in [-0.1, -0.05) is 32.4 Å². The molecule has 1 N–H and O–H groups in total. The fourth-order valence-electron chi connectivity index (χ4n) is 3.34. The Hall–Kier alpha value is -1.40. The Labute approximate surface area is 182 Å². The minimum absolute atomic E-state index is 0.154. The van der Waals surface area contributed by atoms with Gasteiger partial charge in [0.2, 0.25) is 5.89 Å². The van der Waals surface area contributed by atoms with Gasteiger partial charge in [-0.25, -0.2) is 9.78 Å². The standard InChI is InChI=1S/C22H31ClN2O3S/c1-21(2,3)19-25-16-12-11-15(23)18(17(16)27-19)29-14-9-7-13(8-10-14)24-20(26)28-22(4,5)6/h11-14H,7-10H2,1-6H3,(H,24,26). The van der Waals surface area contributed by atoms with Crippen molar-refractivity contribution in [2.45, 2.75) is 94.4 Å². The minimum Gasteiger partial charge on any atom is -0.444 e. The van der Waals surface area contributed by atoms with Crippen LogP contribution in [0, 0.1) is 0 Å². The number of hydrogen-bond donors (Lipinski definition) is 1. The molecule has 1 aromatic carbocycles. The van der Waals surface area contributed by atoms with Crippen molar-refractivity contribution >= 4 is 40.6 Å². The molecule has 0 atom stereocenters. The first-order valence-corrected chi connectivity index (χ1v) is 11.4. The molecule has 0 radical (unpaired) electrons. The van der Waals surface area contributed by atoms with Gasteiger partial charge in [0.1, 0.15) is 11.1 Å². The molecule has 1 fully saturated rings. The quantitative estimate of drug-likeness (QED) is 0.577. The van der Waals surface area contributed by atoms with Crippen LogP contribution >= 0.6 is 23.4 Å². The van der Waals surface area contributed by atoms with Gasteiger partial charge in [0.15, 0.2) is 5.58 Å². The lowest BCUT2D eigenvalue weighted by Crippen LogP contribution is -2.41. The molecule has 0 aliphatic heterocycles. The molecule has 7 heteroatoms. The number of carbonyl (C=O) groups is 1. The number of alkyl carbamates (subject to hydrolysis) is 1. The molecule has 3 rings (SSSR count). The van der Waals surface area contributed by atoms with E-state index in [-0.39, 0.29) is 17.6 Å². The third kappa shape index (κ3) is 5.82. The van der Waals surface area contributed by atoms with E-state index in [4.69, 9.17) is 20.8 Å². The number of halogens is 1. The first kappa shape index (κ1) is 22.3. The third-order valence-electron chi connectivity index (χ3n) is 4.79. The largest absolute Gasteiger partial charge is 0.444 e. The van der Waals surface area contributed by atoms with Gasteiger partial charge in [-0.3, -0.25) is 0 Å². The van der Waals surface area contributed by atoms with E-state index in [1.807, 2.05) is 32.9 Å². The average molecular weight is 439 g/mol. The Morgan fingerprint density at radius 3 is 2.41 bits per heavy atom. The number of nitrogens with zero attached hydrogens (tertiary/aromatic N) is 1. The summed E-state index contributed by atoms with van der Waals surface area (Å²) in [6.07, 6.45) is 3.51. The molecule has 1 aliphatic carbocycles. The van der Waals surface area contributed by atoms with Crippen LogP contribution in [0.1, 0.15) is 73.1 Å². The van der Waals surface area contributed by atoms with Crippen molar-refractivity contribution in [3.8, 4) is 0 Å². The van der Waals surface area contributed by atoms with Crippen LogP contribution in [-0.2, 0) is 10.2 Å². The summed E-state index contributed by atoms with van der Waals surface area (Å²) in [7, 11) is 0. The molecule has 2 aromatic rings. The Kier molecular flexibility index (Phi) is 6.44. The predicted octanol–water partition coefficient (Wildman–Crippen LogP) is 6.71. The number of rotatable bonds is 3. The van der Waals surface area contributed by atoms with Gasteiger partial charge in [0.25, 0.3) is 0 Å². The molecular weight excluding hydrogens is 408 g/mol. The number of hydrogen-bond acceptors (Lipinski definition) is 5. The summed E-state index contributed by atoms with van der Waals surface area (Å²) in [5.74, 6) is 0.724. The van der Waals surface area contributed by atoms with Gasteiger partial charge in [-0.2, -0.15) is 0 Å². The van der Waals surface area contributed by atoms with Gasteiger partial charge in [0.05, 0.1) is 9.92 Å². The number of aromatic nitrogens is 1. The van der Waals surface area contributed by atoms with Gasteiger partial charge in [-0.15, -0.1) is 11.8 Å². The summed E-state index contributed by atoms with van der Waals surface area (Å²) in [5, 5.41) is 4.13. The van der Waals surface area contributed by atoms with E-state index in [9.17, 15) is 4.79 Å². The zero-order valence-corrected chi connectivity index (χ0v) is 19.7. The summed E-state index contributed by atoms with van der Waals surface area (Å²) < 4.78 is 11.5. The van der Waals surface area contributed by atoms with Crippen molar-refractivity contribution in [1.82, 2.24) is 10.3 Å². The number of thioether (sulfide) groups is 1. The summed E-state index contributed by atoms with van der Waals surface area (Å²) in [6, 6.07) is 3.98. The summed E-state index contributed by atoms with van der Waals surface area (Å²) in [6.45, 7) is 11.9. The van der Waals surface area contributed by atoms with Crippen LogP contribution in [0.3, 0.4) is 0 Å². The van der Waals surface area contributed by atoms with Crippen LogP contribution in [0.25, 0.3) is 11.1 Å². The highest BCUT2D eigenvalue weighted by molar-refractivity contribution is 8.00. The van der Waals surface area contributed by atoms with Crippen LogP contribution in [0.2, 0.25) is 5.02 Å². The van der Waals surface area contributed by atoms with Crippen molar-refractivity contribution < 1.29 is 13.9 Å². The summed E-state index contributed by atoms with van der Waals surface area (Å²) in [5.41, 5.74) is 0.998. The fraction of sp³-hybridized carbons (Fsp3) is 0.636. The second kappa shape index (κ2) is 8.38. The minimum atomic E-state index is -0.477. The Balaban J connectivity index is 1.65. The number of benzene rings is 1. The molecule has 5 nitrogen and oxygen atoms in total. The zero-order chi connectivity index (χ0) is 21.4. The summed E-state index contributed by atoms with van der Waals surface area (Å²) >= 11 is 8.29. The first-order chi connectivity index (χ1) is 13.4. The third-order valence-corrected chi connectivity index (χ3v) is 6.66. The monoisotopic (exact) mass is 438 g/mol. The summed E-state index contributed by atoms with van der Waals surface area (Å²) in [4.78, 5) is 17.6. The highest BCUT2D eigenvalue weighted by atomic mass is 35.5. The molecule has 1 amide bonds. The lowest BCUT2D eigenvalue weighted by Gasteiger charge is -2.29. The van der Waals surface area contributed by atoms with E-state index in [2.05, 4.69) is 31.1 Å². The maximum absolute atomic E-state index is 12.0. The van der Waals surface area contributed by atoms with E-state index in [0.717, 1.165) is 47.6 Å². The van der Waals surface area contributed by atoms with E-state index < -0.39 is 5.60 Å².